The summed E-state index contributed by atoms with van der Waals surface area (Å²) in [5, 5.41) is 38.5. The molecule has 0 unspecified atom stereocenters. The maximum absolute atomic E-state index is 5.34. The monoisotopic (exact) mass is 1940 g/mol. The van der Waals surface area contributed by atoms with Crippen molar-refractivity contribution >= 4 is 132 Å². The molecule has 0 saturated heterocycles. The summed E-state index contributed by atoms with van der Waals surface area (Å²) in [6, 6.07) is 72.1. The fourth-order valence-electron chi connectivity index (χ4n) is 15.3. The van der Waals surface area contributed by atoms with Crippen LogP contribution in [0.25, 0.3) is 109 Å². The predicted molar refractivity (Wildman–Crippen MR) is 583 cm³/mol. The number of oxazole rings is 2. The highest BCUT2D eigenvalue weighted by atomic mass is 32.1. The van der Waals surface area contributed by atoms with Gasteiger partial charge in [-0.1, -0.05) is 72.3 Å². The van der Waals surface area contributed by atoms with Crippen LogP contribution in [-0.4, -0.2) is 122 Å². The molecular weight excluding hydrogens is 1820 g/mol. The zero-order valence-corrected chi connectivity index (χ0v) is 87.9. The smallest absolute Gasteiger partial charge is 0.192 e. The van der Waals surface area contributed by atoms with Gasteiger partial charge in [-0.25, -0.2) is 57.9 Å². The van der Waals surface area contributed by atoms with Gasteiger partial charge < -0.3 is 17.6 Å². The Morgan fingerprint density at radius 2 is 0.685 bits per heavy atom. The predicted octanol–water partition coefficient (Wildman–Crippen LogP) is 26.3. The van der Waals surface area contributed by atoms with Gasteiger partial charge in [0.1, 0.15) is 45.0 Å². The van der Waals surface area contributed by atoms with Crippen LogP contribution in [0.15, 0.2) is 283 Å². The lowest BCUT2D eigenvalue weighted by Crippen LogP contribution is -1.90. The molecule has 0 amide bonds. The summed E-state index contributed by atoms with van der Waals surface area (Å²) in [6.45, 7) is 46.5. The number of thiazole rings is 2. The van der Waals surface area contributed by atoms with E-state index in [9.17, 15) is 0 Å². The Kier molecular flexibility index (Phi) is 33.4. The van der Waals surface area contributed by atoms with E-state index in [4.69, 9.17) is 8.83 Å². The lowest BCUT2D eigenvalue weighted by molar-refractivity contribution is 0.560. The number of hydrogen-bond donors (Lipinski definition) is 0. The molecule has 7 aromatic carbocycles. The molecule has 143 heavy (non-hydrogen) atoms. The summed E-state index contributed by atoms with van der Waals surface area (Å²) in [5.74, 6) is 3.09. The summed E-state index contributed by atoms with van der Waals surface area (Å²) in [4.78, 5) is 35.8. The van der Waals surface area contributed by atoms with E-state index in [2.05, 4.69) is 264 Å². The van der Waals surface area contributed by atoms with Gasteiger partial charge in [-0.3, -0.25) is 9.36 Å². The van der Waals surface area contributed by atoms with E-state index in [0.717, 1.165) is 140 Å². The van der Waals surface area contributed by atoms with Crippen LogP contribution in [0.5, 0.6) is 0 Å². The van der Waals surface area contributed by atoms with Gasteiger partial charge in [0.25, 0.3) is 0 Å². The van der Waals surface area contributed by atoms with Crippen molar-refractivity contribution in [3.05, 3.63) is 403 Å². The van der Waals surface area contributed by atoms with Crippen LogP contribution in [-0.2, 0) is 21.1 Å². The molecule has 0 aliphatic heterocycles. The number of benzene rings is 7. The van der Waals surface area contributed by atoms with E-state index in [1.54, 1.807) is 36.5 Å². The first-order valence-corrected chi connectivity index (χ1v) is 48.7. The largest absolute Gasteiger partial charge is 0.441 e. The molecule has 19 heterocycles. The number of imidazole rings is 2. The highest BCUT2D eigenvalue weighted by molar-refractivity contribution is 7.18. The standard InChI is InChI=1S/6C9H10N2.2C9H9NO.2C9H9NS.3C8H9N3/c1-7-3-4-9-5-8(2)10-11(9)6-7;1-7-3-4-9-8(5-7)6-11(2)10-9;1-7-3-4-8-6-11(2)10-9(8)5-7;1-7-3-4-11-6-8(2)10-9(11)5-7;1-7-3-4-11-9(5-7)6-8(2)10-11;1-7-3-4-9-10-8(2)6-11(9)5-7;1-6-3-4-9-8(5-6)10-7(2)11-9;1-6-3-4-8-9(5-6)11-7(2)10-8;1-6-3-4-9-8(5-6)10-7(2)11-9;1-6-3-4-8-9(5-6)11-7(2)10-8;1-6-3-4-7-8(5-6)10-11(2)9-7;1-6-3-4-11-8(5-6)9-7(2)10-11;1-6-3-4-8-9-7(2)10-11(8)5-6/h6*3-6H,1-2H3;7*3-5H,1-2H3. The maximum Gasteiger partial charge on any atom is 0.192 e. The Morgan fingerprint density at radius 3 is 1.39 bits per heavy atom. The van der Waals surface area contributed by atoms with Crippen LogP contribution in [0.4, 0.5) is 0 Å². The van der Waals surface area contributed by atoms with Gasteiger partial charge in [-0.2, -0.15) is 45.6 Å². The average Bonchev–Trinajstić information content (AvgIpc) is 1.81. The number of fused-ring (bicyclic) bond motifs is 13. The van der Waals surface area contributed by atoms with Crippen molar-refractivity contribution in [2.45, 2.75) is 159 Å². The van der Waals surface area contributed by atoms with Gasteiger partial charge in [0, 0.05) is 108 Å². The van der Waals surface area contributed by atoms with Crippen LogP contribution in [0.3, 0.4) is 0 Å². The third-order valence-electron chi connectivity index (χ3n) is 21.9. The van der Waals surface area contributed by atoms with Crippen LogP contribution in [0.2, 0.25) is 0 Å². The van der Waals surface area contributed by atoms with Gasteiger partial charge in [0.15, 0.2) is 34.2 Å². The number of aryl methyl sites for hydroxylation is 26. The number of hydrogen-bond acceptors (Lipinski definition) is 20. The maximum atomic E-state index is 5.34. The summed E-state index contributed by atoms with van der Waals surface area (Å²) >= 11 is 3.50. The van der Waals surface area contributed by atoms with E-state index in [0.29, 0.717) is 0 Å². The zero-order valence-electron chi connectivity index (χ0n) is 86.3. The molecule has 27 nitrogen and oxygen atoms in total. The highest BCUT2D eigenvalue weighted by Crippen LogP contribution is 2.26. The van der Waals surface area contributed by atoms with E-state index < -0.39 is 0 Å². The third-order valence-corrected chi connectivity index (χ3v) is 23.8. The van der Waals surface area contributed by atoms with Crippen molar-refractivity contribution in [1.29, 1.82) is 0 Å². The molecule has 19 aromatic heterocycles. The highest BCUT2D eigenvalue weighted by Gasteiger charge is 2.09. The van der Waals surface area contributed by atoms with Crippen molar-refractivity contribution < 1.29 is 8.83 Å². The lowest BCUT2D eigenvalue weighted by Gasteiger charge is -1.92. The summed E-state index contributed by atoms with van der Waals surface area (Å²) < 4.78 is 28.4. The van der Waals surface area contributed by atoms with Crippen LogP contribution in [0, 0.1) is 159 Å². The molecule has 26 rings (SSSR count). The van der Waals surface area contributed by atoms with E-state index >= 15 is 0 Å². The van der Waals surface area contributed by atoms with Crippen LogP contribution >= 0.6 is 22.7 Å². The second kappa shape index (κ2) is 46.6. The molecule has 728 valence electrons. The molecule has 0 N–H and O–H groups in total. The van der Waals surface area contributed by atoms with Gasteiger partial charge in [-0.05, 0) is 358 Å². The Hall–Kier alpha value is -16.4. The molecule has 0 bridgehead atoms. The third kappa shape index (κ3) is 29.1. The molecule has 0 aliphatic rings. The fourth-order valence-corrected chi connectivity index (χ4v) is 17.1. The number of pyridine rings is 6. The van der Waals surface area contributed by atoms with Crippen LogP contribution in [0.1, 0.15) is 129 Å². The normalized spacial score (nSPS) is 10.7. The first-order valence-electron chi connectivity index (χ1n) is 47.0. The summed E-state index contributed by atoms with van der Waals surface area (Å²) in [7, 11) is 5.71. The first-order chi connectivity index (χ1) is 68.3. The van der Waals surface area contributed by atoms with Crippen LogP contribution < -0.4 is 0 Å². The Balaban J connectivity index is 0.000000123. The number of aromatic nitrogens is 25. The SMILES string of the molecule is Cc1ccc2cc(C)nn2c1.Cc1ccc2cn(C)nc2c1.Cc1ccc2nc(C)cn2c1.Cc1ccc2nc(C)nn2c1.Cc1ccc2nc(C)oc2c1.Cc1ccc2nc(C)sc2c1.Cc1ccc2nn(C)cc2c1.Cc1ccc2nn(C)nc2c1.Cc1ccc2oc(C)nc2c1.Cc1ccc2sc(C)nc2c1.Cc1ccn2cc(C)nc2c1.Cc1ccn2nc(C)cc2c1.Cc1ccn2nc(C)nc2c1. The molecule has 29 heteroatoms. The van der Waals surface area contributed by atoms with Gasteiger partial charge in [0.2, 0.25) is 0 Å². The van der Waals surface area contributed by atoms with Gasteiger partial charge in [0.05, 0.1) is 75.3 Å². The van der Waals surface area contributed by atoms with E-state index in [1.165, 1.54) is 98.0 Å². The molecule has 0 saturated carbocycles. The van der Waals surface area contributed by atoms with E-state index in [1.807, 2.05) is 299 Å². The Morgan fingerprint density at radius 1 is 0.224 bits per heavy atom. The fraction of sp³-hybridized carbons (Fsp3) is 0.228. The molecule has 0 fully saturated rings. The molecule has 0 radical (unpaired) electrons. The van der Waals surface area contributed by atoms with E-state index in [-0.39, 0.29) is 0 Å². The first kappa shape index (κ1) is 102. The molecule has 0 aliphatic carbocycles. The summed E-state index contributed by atoms with van der Waals surface area (Å²) in [5.41, 5.74) is 36.6. The van der Waals surface area contributed by atoms with Gasteiger partial charge in [-0.15, -0.1) is 22.7 Å². The second-order valence-electron chi connectivity index (χ2n) is 36.0. The molecule has 0 atom stereocenters. The second-order valence-corrected chi connectivity index (χ2v) is 38.5. The Labute approximate surface area is 840 Å². The summed E-state index contributed by atoms with van der Waals surface area (Å²) in [6.07, 6.45) is 20.1. The van der Waals surface area contributed by atoms with Crippen molar-refractivity contribution in [2.24, 2.45) is 21.1 Å². The quantitative estimate of drug-likeness (QED) is 0.136. The Bertz CT molecular complexity index is 6940. The number of nitrogens with zero attached hydrogens (tertiary/aromatic N) is 25. The number of rotatable bonds is 0. The average molecular weight is 1940 g/mol. The zero-order chi connectivity index (χ0) is 102. The molecule has 0 spiro atoms. The molecule has 26 aromatic rings. The van der Waals surface area contributed by atoms with Crippen molar-refractivity contribution in [1.82, 2.24) is 122 Å². The van der Waals surface area contributed by atoms with Gasteiger partial charge >= 0.3 is 0 Å². The topological polar surface area (TPSA) is 274 Å². The minimum Gasteiger partial charge on any atom is -0.441 e. The molecular formula is C114H123N25O2S2. The lowest BCUT2D eigenvalue weighted by atomic mass is 10.2. The van der Waals surface area contributed by atoms with Crippen molar-refractivity contribution in [2.75, 3.05) is 0 Å². The minimum atomic E-state index is 0.727. The van der Waals surface area contributed by atoms with Crippen molar-refractivity contribution in [3.8, 4) is 0 Å². The van der Waals surface area contributed by atoms with Crippen molar-refractivity contribution in [3.63, 3.8) is 0 Å². The minimum absolute atomic E-state index is 0.727.